The topological polar surface area (TPSA) is 81.0 Å². The number of rotatable bonds is 3. The Morgan fingerprint density at radius 3 is 2.44 bits per heavy atom. The second-order valence-corrected chi connectivity index (χ2v) is 4.84. The van der Waals surface area contributed by atoms with Gasteiger partial charge in [-0.05, 0) is 0 Å². The molecule has 0 aliphatic rings. The number of nitrogens with one attached hydrogen (secondary N) is 1. The van der Waals surface area contributed by atoms with Crippen molar-refractivity contribution < 1.29 is 9.53 Å². The van der Waals surface area contributed by atoms with Gasteiger partial charge >= 0.3 is 5.97 Å². The van der Waals surface area contributed by atoms with Crippen LogP contribution < -0.4 is 5.73 Å². The standard InChI is InChI=1S/C11H19N3O2.2ClH/c1-11(2,3)10-13-6-7(14-10)5-8(12)9(15)16-4;;/h6,8H,5,12H2,1-4H3,(H,13,14);2*1H/t8-;;/m0../s1. The number of halogens is 2. The monoisotopic (exact) mass is 297 g/mol. The smallest absolute Gasteiger partial charge is 0.323 e. The number of H-pyrrole nitrogens is 1. The lowest BCUT2D eigenvalue weighted by molar-refractivity contribution is -0.142. The third-order valence-corrected chi connectivity index (χ3v) is 2.28. The van der Waals surface area contributed by atoms with Crippen LogP contribution in [0, 0.1) is 0 Å². The molecule has 0 spiro atoms. The molecule has 0 aliphatic carbocycles. The van der Waals surface area contributed by atoms with Gasteiger partial charge in [-0.3, -0.25) is 4.79 Å². The van der Waals surface area contributed by atoms with Crippen molar-refractivity contribution in [3.05, 3.63) is 17.7 Å². The Morgan fingerprint density at radius 2 is 2.06 bits per heavy atom. The number of methoxy groups -OCH3 is 1. The predicted molar refractivity (Wildman–Crippen MR) is 75.5 cm³/mol. The van der Waals surface area contributed by atoms with E-state index in [1.165, 1.54) is 7.11 Å². The van der Waals surface area contributed by atoms with Crippen LogP contribution in [0.2, 0.25) is 0 Å². The Bertz CT molecular complexity index is 375. The van der Waals surface area contributed by atoms with Crippen molar-refractivity contribution in [1.29, 1.82) is 0 Å². The normalized spacial score (nSPS) is 12.1. The minimum Gasteiger partial charge on any atom is -0.468 e. The molecule has 1 aromatic rings. The molecule has 1 heterocycles. The Kier molecular flexibility index (Phi) is 8.27. The van der Waals surface area contributed by atoms with E-state index in [9.17, 15) is 4.79 Å². The van der Waals surface area contributed by atoms with Crippen LogP contribution in [-0.4, -0.2) is 29.1 Å². The molecule has 1 atom stereocenters. The van der Waals surface area contributed by atoms with Crippen molar-refractivity contribution in [1.82, 2.24) is 9.97 Å². The summed E-state index contributed by atoms with van der Waals surface area (Å²) in [6, 6.07) is -0.640. The van der Waals surface area contributed by atoms with Crippen molar-refractivity contribution in [2.75, 3.05) is 7.11 Å². The maximum absolute atomic E-state index is 11.1. The summed E-state index contributed by atoms with van der Waals surface area (Å²) in [4.78, 5) is 18.6. The molecule has 0 amide bonds. The van der Waals surface area contributed by atoms with E-state index < -0.39 is 12.0 Å². The first-order valence-corrected chi connectivity index (χ1v) is 5.22. The number of nitrogens with zero attached hydrogens (tertiary/aromatic N) is 1. The minimum atomic E-state index is -0.640. The molecular weight excluding hydrogens is 277 g/mol. The zero-order chi connectivity index (χ0) is 12.3. The predicted octanol–water partition coefficient (Wildman–Crippen LogP) is 1.59. The first kappa shape index (κ1) is 19.6. The second kappa shape index (κ2) is 7.61. The number of imidazole rings is 1. The molecule has 0 aromatic carbocycles. The Hall–Kier alpha value is -0.780. The van der Waals surface area contributed by atoms with E-state index in [0.717, 1.165) is 11.5 Å². The number of aromatic nitrogens is 2. The van der Waals surface area contributed by atoms with Crippen molar-refractivity contribution in [2.45, 2.75) is 38.6 Å². The molecule has 0 bridgehead atoms. The molecule has 0 aliphatic heterocycles. The molecule has 0 saturated carbocycles. The molecule has 1 rings (SSSR count). The van der Waals surface area contributed by atoms with Gasteiger partial charge in [0, 0.05) is 23.7 Å². The fraction of sp³-hybridized carbons (Fsp3) is 0.636. The fourth-order valence-corrected chi connectivity index (χ4v) is 1.32. The van der Waals surface area contributed by atoms with E-state index in [4.69, 9.17) is 5.73 Å². The third kappa shape index (κ3) is 5.25. The summed E-state index contributed by atoms with van der Waals surface area (Å²) in [5, 5.41) is 0. The molecule has 3 N–H and O–H groups in total. The first-order chi connectivity index (χ1) is 7.34. The van der Waals surface area contributed by atoms with E-state index >= 15 is 0 Å². The summed E-state index contributed by atoms with van der Waals surface area (Å²) >= 11 is 0. The molecular formula is C11H21Cl2N3O2. The molecule has 0 radical (unpaired) electrons. The van der Waals surface area contributed by atoms with Gasteiger partial charge in [0.05, 0.1) is 7.11 Å². The number of carbonyl (C=O) groups excluding carboxylic acids is 1. The number of esters is 1. The lowest BCUT2D eigenvalue weighted by Crippen LogP contribution is -2.33. The van der Waals surface area contributed by atoms with Crippen LogP contribution in [-0.2, 0) is 21.4 Å². The van der Waals surface area contributed by atoms with Gasteiger partial charge in [0.1, 0.15) is 11.9 Å². The van der Waals surface area contributed by atoms with Crippen LogP contribution in [0.4, 0.5) is 0 Å². The van der Waals surface area contributed by atoms with E-state index in [1.807, 2.05) is 0 Å². The summed E-state index contributed by atoms with van der Waals surface area (Å²) in [5.41, 5.74) is 6.47. The second-order valence-electron chi connectivity index (χ2n) is 4.84. The molecule has 1 aromatic heterocycles. The number of hydrogen-bond donors (Lipinski definition) is 2. The van der Waals surface area contributed by atoms with Gasteiger partial charge in [0.25, 0.3) is 0 Å². The van der Waals surface area contributed by atoms with Crippen molar-refractivity contribution in [3.8, 4) is 0 Å². The molecule has 7 heteroatoms. The highest BCUT2D eigenvalue weighted by atomic mass is 35.5. The minimum absolute atomic E-state index is 0. The zero-order valence-electron chi connectivity index (χ0n) is 11.0. The van der Waals surface area contributed by atoms with Crippen LogP contribution in [0.1, 0.15) is 32.3 Å². The SMILES string of the molecule is COC(=O)[C@@H](N)Cc1cnc(C(C)(C)C)[nH]1.Cl.Cl. The van der Waals surface area contributed by atoms with Gasteiger partial charge in [0.2, 0.25) is 0 Å². The van der Waals surface area contributed by atoms with Crippen LogP contribution in [0.5, 0.6) is 0 Å². The Morgan fingerprint density at radius 1 is 1.50 bits per heavy atom. The van der Waals surface area contributed by atoms with Gasteiger partial charge < -0.3 is 15.5 Å². The van der Waals surface area contributed by atoms with Gasteiger partial charge in [-0.15, -0.1) is 24.8 Å². The van der Waals surface area contributed by atoms with Crippen LogP contribution >= 0.6 is 24.8 Å². The van der Waals surface area contributed by atoms with Gasteiger partial charge in [-0.2, -0.15) is 0 Å². The summed E-state index contributed by atoms with van der Waals surface area (Å²) in [6.07, 6.45) is 2.12. The molecule has 0 saturated heterocycles. The molecule has 18 heavy (non-hydrogen) atoms. The number of hydrogen-bond acceptors (Lipinski definition) is 4. The first-order valence-electron chi connectivity index (χ1n) is 5.22. The van der Waals surface area contributed by atoms with Crippen LogP contribution in [0.3, 0.4) is 0 Å². The van der Waals surface area contributed by atoms with Gasteiger partial charge in [-0.25, -0.2) is 4.98 Å². The largest absolute Gasteiger partial charge is 0.468 e. The maximum Gasteiger partial charge on any atom is 0.323 e. The Balaban J connectivity index is 0. The highest BCUT2D eigenvalue weighted by molar-refractivity contribution is 5.85. The van der Waals surface area contributed by atoms with Crippen molar-refractivity contribution in [3.63, 3.8) is 0 Å². The average molecular weight is 298 g/mol. The molecule has 5 nitrogen and oxygen atoms in total. The van der Waals surface area contributed by atoms with E-state index in [-0.39, 0.29) is 30.2 Å². The Labute approximate surface area is 120 Å². The van der Waals surface area contributed by atoms with E-state index in [2.05, 4.69) is 35.5 Å². The quantitative estimate of drug-likeness (QED) is 0.830. The lowest BCUT2D eigenvalue weighted by Gasteiger charge is -2.14. The lowest BCUT2D eigenvalue weighted by atomic mass is 9.96. The summed E-state index contributed by atoms with van der Waals surface area (Å²) < 4.78 is 4.56. The number of aromatic amines is 1. The third-order valence-electron chi connectivity index (χ3n) is 2.28. The molecule has 106 valence electrons. The molecule has 0 unspecified atom stereocenters. The van der Waals surface area contributed by atoms with E-state index in [1.54, 1.807) is 6.20 Å². The highest BCUT2D eigenvalue weighted by Gasteiger charge is 2.20. The zero-order valence-corrected chi connectivity index (χ0v) is 12.7. The van der Waals surface area contributed by atoms with Crippen LogP contribution in [0.25, 0.3) is 0 Å². The van der Waals surface area contributed by atoms with Gasteiger partial charge in [0.15, 0.2) is 0 Å². The highest BCUT2D eigenvalue weighted by Crippen LogP contribution is 2.18. The van der Waals surface area contributed by atoms with Crippen LogP contribution in [0.15, 0.2) is 6.20 Å². The van der Waals surface area contributed by atoms with Crippen molar-refractivity contribution >= 4 is 30.8 Å². The fourth-order valence-electron chi connectivity index (χ4n) is 1.32. The summed E-state index contributed by atoms with van der Waals surface area (Å²) in [7, 11) is 1.33. The van der Waals surface area contributed by atoms with E-state index in [0.29, 0.717) is 6.42 Å². The van der Waals surface area contributed by atoms with Gasteiger partial charge in [-0.1, -0.05) is 20.8 Å². The number of nitrogens with two attached hydrogens (primary N) is 1. The molecule has 0 fully saturated rings. The number of ether oxygens (including phenoxy) is 1. The maximum atomic E-state index is 11.1. The summed E-state index contributed by atoms with van der Waals surface area (Å²) in [5.74, 6) is 0.478. The average Bonchev–Trinajstić information content (AvgIpc) is 2.64. The number of carbonyl (C=O) groups is 1. The summed E-state index contributed by atoms with van der Waals surface area (Å²) in [6.45, 7) is 6.20. The van der Waals surface area contributed by atoms with Crippen molar-refractivity contribution in [2.24, 2.45) is 5.73 Å².